The van der Waals surface area contributed by atoms with Gasteiger partial charge in [0.05, 0.1) is 0 Å². The molecule has 1 amide bonds. The summed E-state index contributed by atoms with van der Waals surface area (Å²) in [7, 11) is 0. The third kappa shape index (κ3) is 4.80. The number of carbonyl (C=O) groups excluding carboxylic acids is 1. The molecule has 0 unspecified atom stereocenters. The first kappa shape index (κ1) is 14.6. The Kier molecular flexibility index (Phi) is 4.41. The first-order chi connectivity index (χ1) is 8.17. The molecule has 0 bridgehead atoms. The van der Waals surface area contributed by atoms with Crippen molar-refractivity contribution >= 4 is 29.0 Å². The number of carbonyl (C=O) groups is 1. The average molecular weight is 268 g/mol. The third-order valence-corrected chi connectivity index (χ3v) is 2.25. The number of allylic oxidation sites excluding steroid dienone is 1. The second kappa shape index (κ2) is 5.44. The first-order valence-corrected chi connectivity index (χ1v) is 6.01. The molecule has 0 heterocycles. The molecule has 98 valence electrons. The van der Waals surface area contributed by atoms with Gasteiger partial charge < -0.3 is 4.74 Å². The van der Waals surface area contributed by atoms with Crippen molar-refractivity contribution in [3.05, 3.63) is 35.4 Å². The van der Waals surface area contributed by atoms with Gasteiger partial charge in [0, 0.05) is 10.7 Å². The van der Waals surface area contributed by atoms with Crippen molar-refractivity contribution < 1.29 is 9.53 Å². The fraction of sp³-hybridized carbons (Fsp3) is 0.357. The van der Waals surface area contributed by atoms with E-state index in [4.69, 9.17) is 16.3 Å². The summed E-state index contributed by atoms with van der Waals surface area (Å²) < 4.78 is 5.17. The van der Waals surface area contributed by atoms with E-state index in [1.54, 1.807) is 18.2 Å². The van der Waals surface area contributed by atoms with Crippen molar-refractivity contribution in [1.82, 2.24) is 0 Å². The molecule has 1 aromatic rings. The number of benzene rings is 1. The number of amides is 1. The molecule has 0 aliphatic rings. The van der Waals surface area contributed by atoms with Crippen molar-refractivity contribution in [3.8, 4) is 0 Å². The zero-order chi connectivity index (χ0) is 13.9. The van der Waals surface area contributed by atoms with Crippen molar-refractivity contribution in [3.63, 3.8) is 0 Å². The van der Waals surface area contributed by atoms with Gasteiger partial charge >= 0.3 is 6.09 Å². The predicted molar refractivity (Wildman–Crippen MR) is 76.0 cm³/mol. The largest absolute Gasteiger partial charge is 0.444 e. The van der Waals surface area contributed by atoms with Crippen molar-refractivity contribution in [2.45, 2.75) is 33.3 Å². The molecular formula is C14H18ClNO2. The monoisotopic (exact) mass is 267 g/mol. The molecule has 0 aliphatic carbocycles. The number of rotatable bonds is 2. The summed E-state index contributed by atoms with van der Waals surface area (Å²) in [5.74, 6) is 0. The Morgan fingerprint density at radius 3 is 2.44 bits per heavy atom. The molecule has 0 atom stereocenters. The van der Waals surface area contributed by atoms with Gasteiger partial charge in [-0.25, -0.2) is 4.79 Å². The number of anilines is 1. The van der Waals surface area contributed by atoms with Crippen LogP contribution in [-0.4, -0.2) is 11.7 Å². The van der Waals surface area contributed by atoms with E-state index < -0.39 is 11.7 Å². The Balaban J connectivity index is 2.85. The smallest absolute Gasteiger partial charge is 0.412 e. The van der Waals surface area contributed by atoms with Crippen LogP contribution < -0.4 is 5.32 Å². The molecule has 18 heavy (non-hydrogen) atoms. The lowest BCUT2D eigenvalue weighted by atomic mass is 10.1. The lowest BCUT2D eigenvalue weighted by molar-refractivity contribution is 0.0636. The van der Waals surface area contributed by atoms with Crippen LogP contribution in [0, 0.1) is 0 Å². The normalized spacial score (nSPS) is 10.9. The molecule has 1 rings (SSSR count). The zero-order valence-corrected chi connectivity index (χ0v) is 11.9. The van der Waals surface area contributed by atoms with Crippen LogP contribution in [0.3, 0.4) is 0 Å². The number of hydrogen-bond acceptors (Lipinski definition) is 2. The number of halogens is 1. The van der Waals surface area contributed by atoms with Crippen LogP contribution in [0.25, 0.3) is 5.57 Å². The van der Waals surface area contributed by atoms with Crippen LogP contribution in [0.15, 0.2) is 24.8 Å². The first-order valence-electron chi connectivity index (χ1n) is 5.64. The highest BCUT2D eigenvalue weighted by molar-refractivity contribution is 6.31. The quantitative estimate of drug-likeness (QED) is 0.842. The molecule has 0 fully saturated rings. The summed E-state index contributed by atoms with van der Waals surface area (Å²) in [6.45, 7) is 11.1. The van der Waals surface area contributed by atoms with Crippen LogP contribution >= 0.6 is 11.6 Å². The lowest BCUT2D eigenvalue weighted by Crippen LogP contribution is -2.27. The molecular weight excluding hydrogens is 250 g/mol. The molecule has 3 nitrogen and oxygen atoms in total. The lowest BCUT2D eigenvalue weighted by Gasteiger charge is -2.20. The van der Waals surface area contributed by atoms with E-state index in [0.717, 1.165) is 11.1 Å². The van der Waals surface area contributed by atoms with E-state index in [0.29, 0.717) is 10.7 Å². The van der Waals surface area contributed by atoms with Gasteiger partial charge in [-0.05, 0) is 51.5 Å². The number of ether oxygens (including phenoxy) is 1. The highest BCUT2D eigenvalue weighted by Crippen LogP contribution is 2.23. The minimum absolute atomic E-state index is 0.502. The maximum absolute atomic E-state index is 11.6. The van der Waals surface area contributed by atoms with Gasteiger partial charge in [-0.3, -0.25) is 5.32 Å². The minimum atomic E-state index is -0.528. The zero-order valence-electron chi connectivity index (χ0n) is 11.1. The Morgan fingerprint density at radius 2 is 1.94 bits per heavy atom. The van der Waals surface area contributed by atoms with Gasteiger partial charge in [0.1, 0.15) is 5.60 Å². The summed E-state index contributed by atoms with van der Waals surface area (Å²) in [6.07, 6.45) is -0.502. The standard InChI is InChI=1S/C14H18ClNO2/c1-9(2)10-6-11(15)8-12(7-10)16-13(17)18-14(3,4)5/h6-8H,1H2,2-5H3,(H,16,17). The van der Waals surface area contributed by atoms with Crippen molar-refractivity contribution in [2.75, 3.05) is 5.32 Å². The van der Waals surface area contributed by atoms with Gasteiger partial charge in [0.15, 0.2) is 0 Å². The summed E-state index contributed by atoms with van der Waals surface area (Å²) in [5.41, 5.74) is 1.83. The van der Waals surface area contributed by atoms with Crippen LogP contribution in [0.4, 0.5) is 10.5 Å². The number of nitrogens with one attached hydrogen (secondary N) is 1. The molecule has 1 aromatic carbocycles. The highest BCUT2D eigenvalue weighted by atomic mass is 35.5. The van der Waals surface area contributed by atoms with Gasteiger partial charge in [-0.2, -0.15) is 0 Å². The Hall–Kier alpha value is -1.48. The van der Waals surface area contributed by atoms with E-state index >= 15 is 0 Å². The van der Waals surface area contributed by atoms with Crippen LogP contribution in [0.1, 0.15) is 33.3 Å². The Morgan fingerprint density at radius 1 is 1.33 bits per heavy atom. The maximum atomic E-state index is 11.6. The number of hydrogen-bond donors (Lipinski definition) is 1. The van der Waals surface area contributed by atoms with E-state index in [1.165, 1.54) is 0 Å². The van der Waals surface area contributed by atoms with Gasteiger partial charge in [-0.1, -0.05) is 23.8 Å². The van der Waals surface area contributed by atoms with Gasteiger partial charge in [0.25, 0.3) is 0 Å². The maximum Gasteiger partial charge on any atom is 0.412 e. The molecule has 0 radical (unpaired) electrons. The van der Waals surface area contributed by atoms with Crippen LogP contribution in [0.2, 0.25) is 5.02 Å². The van der Waals surface area contributed by atoms with Crippen LogP contribution in [0.5, 0.6) is 0 Å². The predicted octanol–water partition coefficient (Wildman–Crippen LogP) is 4.72. The highest BCUT2D eigenvalue weighted by Gasteiger charge is 2.16. The van der Waals surface area contributed by atoms with Crippen LogP contribution in [-0.2, 0) is 4.74 Å². The summed E-state index contributed by atoms with van der Waals surface area (Å²) in [5, 5.41) is 3.19. The third-order valence-electron chi connectivity index (χ3n) is 2.04. The fourth-order valence-corrected chi connectivity index (χ4v) is 1.56. The summed E-state index contributed by atoms with van der Waals surface area (Å²) in [6, 6.07) is 5.26. The Bertz CT molecular complexity index is 475. The van der Waals surface area contributed by atoms with Crippen molar-refractivity contribution in [1.29, 1.82) is 0 Å². The molecule has 0 spiro atoms. The molecule has 1 N–H and O–H groups in total. The van der Waals surface area contributed by atoms with E-state index in [2.05, 4.69) is 11.9 Å². The van der Waals surface area contributed by atoms with E-state index in [-0.39, 0.29) is 0 Å². The molecule has 4 heteroatoms. The van der Waals surface area contributed by atoms with E-state index in [1.807, 2.05) is 27.7 Å². The van der Waals surface area contributed by atoms with E-state index in [9.17, 15) is 4.79 Å². The Labute approximate surface area is 113 Å². The SMILES string of the molecule is C=C(C)c1cc(Cl)cc(NC(=O)OC(C)(C)C)c1. The molecule has 0 saturated heterocycles. The average Bonchev–Trinajstić information content (AvgIpc) is 2.12. The molecule has 0 saturated carbocycles. The summed E-state index contributed by atoms with van der Waals surface area (Å²) >= 11 is 5.98. The summed E-state index contributed by atoms with van der Waals surface area (Å²) in [4.78, 5) is 11.6. The second-order valence-corrected chi connectivity index (χ2v) is 5.57. The minimum Gasteiger partial charge on any atom is -0.444 e. The van der Waals surface area contributed by atoms with Gasteiger partial charge in [0.2, 0.25) is 0 Å². The van der Waals surface area contributed by atoms with Crippen molar-refractivity contribution in [2.24, 2.45) is 0 Å². The second-order valence-electron chi connectivity index (χ2n) is 5.14. The molecule has 0 aliphatic heterocycles. The topological polar surface area (TPSA) is 38.3 Å². The fourth-order valence-electron chi connectivity index (χ4n) is 1.33. The molecule has 0 aromatic heterocycles. The van der Waals surface area contributed by atoms with Gasteiger partial charge in [-0.15, -0.1) is 0 Å².